The number of fused-ring (bicyclic) bond motifs is 1. The van der Waals surface area contributed by atoms with Crippen LogP contribution >= 0.6 is 0 Å². The molecule has 1 aliphatic heterocycles. The molecule has 2 aliphatic rings. The molecule has 3 nitrogen and oxygen atoms in total. The summed E-state index contributed by atoms with van der Waals surface area (Å²) in [4.78, 5) is 15.0. The molecule has 0 aromatic heterocycles. The molecule has 0 bridgehead atoms. The Morgan fingerprint density at radius 1 is 1.21 bits per heavy atom. The van der Waals surface area contributed by atoms with Gasteiger partial charge in [-0.1, -0.05) is 58.7 Å². The van der Waals surface area contributed by atoms with Crippen LogP contribution in [0, 0.1) is 17.8 Å². The van der Waals surface area contributed by atoms with E-state index in [9.17, 15) is 4.79 Å². The maximum absolute atomic E-state index is 12.9. The molecule has 3 rings (SSSR count). The van der Waals surface area contributed by atoms with Crippen molar-refractivity contribution in [2.75, 3.05) is 6.54 Å². The maximum Gasteiger partial charge on any atom is 0.255 e. The number of carbonyl (C=O) groups excluding carboxylic acids is 1. The average Bonchev–Trinajstić information content (AvgIpc) is 2.82. The van der Waals surface area contributed by atoms with Crippen LogP contribution in [0.25, 0.3) is 0 Å². The molecule has 1 heterocycles. The van der Waals surface area contributed by atoms with Crippen molar-refractivity contribution < 1.29 is 4.79 Å². The van der Waals surface area contributed by atoms with Crippen molar-refractivity contribution in [3.05, 3.63) is 35.4 Å². The van der Waals surface area contributed by atoms with E-state index in [2.05, 4.69) is 50.0 Å². The Morgan fingerprint density at radius 3 is 2.71 bits per heavy atom. The Bertz CT molecular complexity index is 583. The first kappa shape index (κ1) is 17.5. The second kappa shape index (κ2) is 7.26. The van der Waals surface area contributed by atoms with Gasteiger partial charge in [-0.3, -0.25) is 10.1 Å². The molecule has 1 N–H and O–H groups in total. The van der Waals surface area contributed by atoms with Gasteiger partial charge in [-0.15, -0.1) is 0 Å². The number of hydrogen-bond donors (Lipinski definition) is 1. The highest BCUT2D eigenvalue weighted by Crippen LogP contribution is 2.36. The van der Waals surface area contributed by atoms with Gasteiger partial charge in [0, 0.05) is 23.7 Å². The number of hydrogen-bond acceptors (Lipinski definition) is 2. The first-order chi connectivity index (χ1) is 11.5. The number of carbonyl (C=O) groups is 1. The van der Waals surface area contributed by atoms with Gasteiger partial charge in [-0.2, -0.15) is 0 Å². The Morgan fingerprint density at radius 2 is 1.96 bits per heavy atom. The second-order valence-electron chi connectivity index (χ2n) is 8.21. The molecule has 1 aliphatic carbocycles. The van der Waals surface area contributed by atoms with E-state index in [0.717, 1.165) is 30.0 Å². The molecule has 1 fully saturated rings. The van der Waals surface area contributed by atoms with Gasteiger partial charge >= 0.3 is 0 Å². The van der Waals surface area contributed by atoms with E-state index >= 15 is 0 Å². The quantitative estimate of drug-likeness (QED) is 0.856. The summed E-state index contributed by atoms with van der Waals surface area (Å²) in [6, 6.07) is 8.63. The zero-order chi connectivity index (χ0) is 17.3. The molecular weight excluding hydrogens is 296 g/mol. The summed E-state index contributed by atoms with van der Waals surface area (Å²) < 4.78 is 0. The van der Waals surface area contributed by atoms with Crippen LogP contribution in [0.4, 0.5) is 0 Å². The highest BCUT2D eigenvalue weighted by molar-refractivity contribution is 5.99. The predicted octanol–water partition coefficient (Wildman–Crippen LogP) is 4.60. The van der Waals surface area contributed by atoms with E-state index in [1.54, 1.807) is 0 Å². The van der Waals surface area contributed by atoms with Crippen molar-refractivity contribution in [2.45, 2.75) is 65.6 Å². The third kappa shape index (κ3) is 3.37. The van der Waals surface area contributed by atoms with Crippen LogP contribution in [0.15, 0.2) is 24.3 Å². The smallest absolute Gasteiger partial charge is 0.255 e. The number of rotatable bonds is 5. The zero-order valence-electron chi connectivity index (χ0n) is 15.6. The van der Waals surface area contributed by atoms with Gasteiger partial charge in [0.2, 0.25) is 0 Å². The third-order valence-electron chi connectivity index (χ3n) is 6.08. The van der Waals surface area contributed by atoms with Crippen molar-refractivity contribution >= 4 is 5.91 Å². The normalized spacial score (nSPS) is 30.0. The lowest BCUT2D eigenvalue weighted by molar-refractivity contribution is 0.0632. The molecule has 1 aromatic rings. The largest absolute Gasteiger partial charge is 0.319 e. The van der Waals surface area contributed by atoms with Gasteiger partial charge in [0.1, 0.15) is 6.17 Å². The Hall–Kier alpha value is -1.35. The third-order valence-corrected chi connectivity index (χ3v) is 6.08. The Kier molecular flexibility index (Phi) is 5.29. The summed E-state index contributed by atoms with van der Waals surface area (Å²) in [5, 5.41) is 3.86. The average molecular weight is 329 g/mol. The second-order valence-corrected chi connectivity index (χ2v) is 8.21. The standard InChI is InChI=1S/C21H32N2O/c1-14(2)12-13-23-20(17-9-5-6-10-18(17)21(23)24)22-19-11-7-8-15(3)16(19)4/h5-6,9-10,14-16,19-20,22H,7-8,11-13H2,1-4H3/t15-,16+,19-,20-/m1/s1. The van der Waals surface area contributed by atoms with Gasteiger partial charge in [0.15, 0.2) is 0 Å². The topological polar surface area (TPSA) is 32.3 Å². The van der Waals surface area contributed by atoms with Crippen molar-refractivity contribution in [1.29, 1.82) is 0 Å². The monoisotopic (exact) mass is 328 g/mol. The summed E-state index contributed by atoms with van der Waals surface area (Å²) in [7, 11) is 0. The minimum Gasteiger partial charge on any atom is -0.319 e. The van der Waals surface area contributed by atoms with Gasteiger partial charge in [-0.05, 0) is 36.7 Å². The molecule has 0 saturated heterocycles. The van der Waals surface area contributed by atoms with E-state index in [1.807, 2.05) is 12.1 Å². The van der Waals surface area contributed by atoms with Gasteiger partial charge in [0.05, 0.1) is 0 Å². The van der Waals surface area contributed by atoms with Crippen molar-refractivity contribution in [1.82, 2.24) is 10.2 Å². The molecular formula is C21H32N2O. The van der Waals surface area contributed by atoms with E-state index in [4.69, 9.17) is 0 Å². The Balaban J connectivity index is 1.82. The van der Waals surface area contributed by atoms with E-state index in [0.29, 0.717) is 17.9 Å². The van der Waals surface area contributed by atoms with Crippen molar-refractivity contribution in [3.63, 3.8) is 0 Å². The molecule has 4 atom stereocenters. The molecule has 0 radical (unpaired) electrons. The van der Waals surface area contributed by atoms with Crippen molar-refractivity contribution in [3.8, 4) is 0 Å². The van der Waals surface area contributed by atoms with Crippen LogP contribution in [0.3, 0.4) is 0 Å². The van der Waals surface area contributed by atoms with Crippen LogP contribution < -0.4 is 5.32 Å². The summed E-state index contributed by atoms with van der Waals surface area (Å²) in [5.74, 6) is 2.22. The van der Waals surface area contributed by atoms with Crippen LogP contribution in [0.2, 0.25) is 0 Å². The minimum absolute atomic E-state index is 0.0465. The van der Waals surface area contributed by atoms with Gasteiger partial charge in [-0.25, -0.2) is 0 Å². The summed E-state index contributed by atoms with van der Waals surface area (Å²) >= 11 is 0. The summed E-state index contributed by atoms with van der Waals surface area (Å²) in [5.41, 5.74) is 2.05. The van der Waals surface area contributed by atoms with E-state index in [1.165, 1.54) is 19.3 Å². The fourth-order valence-electron chi connectivity index (χ4n) is 4.20. The molecule has 132 valence electrons. The lowest BCUT2D eigenvalue weighted by atomic mass is 9.78. The van der Waals surface area contributed by atoms with Crippen LogP contribution in [-0.2, 0) is 0 Å². The lowest BCUT2D eigenvalue weighted by Gasteiger charge is -2.38. The number of nitrogens with one attached hydrogen (secondary N) is 1. The van der Waals surface area contributed by atoms with Crippen molar-refractivity contribution in [2.24, 2.45) is 17.8 Å². The lowest BCUT2D eigenvalue weighted by Crippen LogP contribution is -2.47. The molecule has 1 amide bonds. The summed E-state index contributed by atoms with van der Waals surface area (Å²) in [6.07, 6.45) is 4.93. The highest BCUT2D eigenvalue weighted by Gasteiger charge is 2.39. The van der Waals surface area contributed by atoms with Crippen LogP contribution in [0.5, 0.6) is 0 Å². The first-order valence-corrected chi connectivity index (χ1v) is 9.65. The molecule has 3 heteroatoms. The highest BCUT2D eigenvalue weighted by atomic mass is 16.2. The Labute approximate surface area is 146 Å². The van der Waals surface area contributed by atoms with E-state index < -0.39 is 0 Å². The van der Waals surface area contributed by atoms with Gasteiger partial charge < -0.3 is 4.90 Å². The fourth-order valence-corrected chi connectivity index (χ4v) is 4.20. The molecule has 1 saturated carbocycles. The summed E-state index contributed by atoms with van der Waals surface area (Å²) in [6.45, 7) is 10.0. The molecule has 0 spiro atoms. The fraction of sp³-hybridized carbons (Fsp3) is 0.667. The zero-order valence-corrected chi connectivity index (χ0v) is 15.6. The number of benzene rings is 1. The number of nitrogens with zero attached hydrogens (tertiary/aromatic N) is 1. The molecule has 24 heavy (non-hydrogen) atoms. The SMILES string of the molecule is CC(C)CCN1C(=O)c2ccccc2[C@@H]1N[C@@H]1CCC[C@@H](C)[C@@H]1C. The van der Waals surface area contributed by atoms with Crippen LogP contribution in [0.1, 0.15) is 75.5 Å². The minimum atomic E-state index is 0.0465. The first-order valence-electron chi connectivity index (χ1n) is 9.65. The maximum atomic E-state index is 12.9. The molecule has 1 aromatic carbocycles. The molecule has 0 unspecified atom stereocenters. The van der Waals surface area contributed by atoms with Crippen LogP contribution in [-0.4, -0.2) is 23.4 Å². The predicted molar refractivity (Wildman–Crippen MR) is 98.8 cm³/mol. The van der Waals surface area contributed by atoms with Gasteiger partial charge in [0.25, 0.3) is 5.91 Å². The number of amides is 1. The van der Waals surface area contributed by atoms with E-state index in [-0.39, 0.29) is 12.1 Å².